The van der Waals surface area contributed by atoms with Gasteiger partial charge in [0.15, 0.2) is 0 Å². The number of nitrogens with zero attached hydrogens (tertiary/aromatic N) is 1. The average molecular weight is 345 g/mol. The Labute approximate surface area is 151 Å². The lowest BCUT2D eigenvalue weighted by Crippen LogP contribution is -2.41. The van der Waals surface area contributed by atoms with Gasteiger partial charge in [-0.05, 0) is 37.1 Å². The van der Waals surface area contributed by atoms with Gasteiger partial charge in [-0.25, -0.2) is 0 Å². The Balaban J connectivity index is 1.71. The van der Waals surface area contributed by atoms with Crippen LogP contribution < -0.4 is 10.6 Å². The highest BCUT2D eigenvalue weighted by Crippen LogP contribution is 2.14. The first-order chi connectivity index (χ1) is 11.8. The molecule has 2 N–H and O–H groups in total. The fraction of sp³-hybridized carbons (Fsp3) is 0.600. The highest BCUT2D eigenvalue weighted by Gasteiger charge is 2.21. The average Bonchev–Trinajstić information content (AvgIpc) is 2.59. The molecule has 0 atom stereocenters. The van der Waals surface area contributed by atoms with E-state index in [1.807, 2.05) is 20.8 Å². The van der Waals surface area contributed by atoms with Crippen LogP contribution in [0.3, 0.4) is 0 Å². The molecule has 0 radical (unpaired) electrons. The maximum absolute atomic E-state index is 11.8. The van der Waals surface area contributed by atoms with Gasteiger partial charge in [-0.3, -0.25) is 14.5 Å². The number of likely N-dealkylation sites (tertiary alicyclic amines) is 1. The summed E-state index contributed by atoms with van der Waals surface area (Å²) >= 11 is 0. The Morgan fingerprint density at radius 3 is 2.16 bits per heavy atom. The third-order valence-corrected chi connectivity index (χ3v) is 4.46. The monoisotopic (exact) mass is 345 g/mol. The van der Waals surface area contributed by atoms with E-state index >= 15 is 0 Å². The third kappa shape index (κ3) is 6.86. The first kappa shape index (κ1) is 19.4. The van der Waals surface area contributed by atoms with E-state index in [2.05, 4.69) is 39.8 Å². The molecule has 138 valence electrons. The van der Waals surface area contributed by atoms with Crippen molar-refractivity contribution in [1.82, 2.24) is 15.5 Å². The van der Waals surface area contributed by atoms with Gasteiger partial charge in [0.05, 0.1) is 6.54 Å². The minimum atomic E-state index is -0.482. The Kier molecular flexibility index (Phi) is 7.00. The Bertz CT molecular complexity index is 570. The quantitative estimate of drug-likeness (QED) is 0.832. The van der Waals surface area contributed by atoms with Crippen molar-refractivity contribution in [3.05, 3.63) is 35.4 Å². The summed E-state index contributed by atoms with van der Waals surface area (Å²) in [5, 5.41) is 5.50. The molecular weight excluding hydrogens is 314 g/mol. The van der Waals surface area contributed by atoms with Gasteiger partial charge in [0.25, 0.3) is 0 Å². The highest BCUT2D eigenvalue weighted by atomic mass is 16.2. The molecule has 1 saturated heterocycles. The second-order valence-electron chi connectivity index (χ2n) is 7.86. The van der Waals surface area contributed by atoms with Crippen LogP contribution >= 0.6 is 0 Å². The maximum atomic E-state index is 11.8. The molecule has 1 fully saturated rings. The van der Waals surface area contributed by atoms with Crippen LogP contribution in [0.4, 0.5) is 0 Å². The smallest absolute Gasteiger partial charge is 0.239 e. The van der Waals surface area contributed by atoms with E-state index in [1.165, 1.54) is 37.9 Å². The molecule has 2 rings (SSSR count). The van der Waals surface area contributed by atoms with Gasteiger partial charge in [0.2, 0.25) is 11.8 Å². The van der Waals surface area contributed by atoms with Crippen molar-refractivity contribution in [2.75, 3.05) is 19.6 Å². The van der Waals surface area contributed by atoms with E-state index in [1.54, 1.807) is 0 Å². The number of rotatable bonds is 6. The highest BCUT2D eigenvalue weighted by molar-refractivity contribution is 5.87. The molecule has 0 unspecified atom stereocenters. The second kappa shape index (κ2) is 8.99. The van der Waals surface area contributed by atoms with Gasteiger partial charge < -0.3 is 10.6 Å². The molecule has 0 bridgehead atoms. The predicted octanol–water partition coefficient (Wildman–Crippen LogP) is 2.45. The van der Waals surface area contributed by atoms with Gasteiger partial charge in [-0.15, -0.1) is 0 Å². The zero-order chi connectivity index (χ0) is 18.3. The zero-order valence-electron chi connectivity index (χ0n) is 15.7. The number of amides is 2. The third-order valence-electron chi connectivity index (χ3n) is 4.46. The minimum Gasteiger partial charge on any atom is -0.350 e. The lowest BCUT2D eigenvalue weighted by atomic mass is 9.96. The van der Waals surface area contributed by atoms with Gasteiger partial charge in [-0.2, -0.15) is 0 Å². The van der Waals surface area contributed by atoms with E-state index in [-0.39, 0.29) is 18.4 Å². The number of benzene rings is 1. The van der Waals surface area contributed by atoms with Crippen molar-refractivity contribution in [1.29, 1.82) is 0 Å². The van der Waals surface area contributed by atoms with E-state index < -0.39 is 5.41 Å². The lowest BCUT2D eigenvalue weighted by Gasteiger charge is -2.26. The summed E-state index contributed by atoms with van der Waals surface area (Å²) in [5.41, 5.74) is 1.90. The van der Waals surface area contributed by atoms with Crippen LogP contribution in [-0.2, 0) is 22.7 Å². The van der Waals surface area contributed by atoms with E-state index in [0.29, 0.717) is 6.54 Å². The fourth-order valence-corrected chi connectivity index (χ4v) is 2.83. The summed E-state index contributed by atoms with van der Waals surface area (Å²) in [6, 6.07) is 8.40. The van der Waals surface area contributed by atoms with Crippen molar-refractivity contribution in [3.8, 4) is 0 Å². The second-order valence-corrected chi connectivity index (χ2v) is 7.86. The number of carbonyl (C=O) groups is 2. The van der Waals surface area contributed by atoms with Gasteiger partial charge in [0, 0.05) is 18.5 Å². The largest absolute Gasteiger partial charge is 0.350 e. The van der Waals surface area contributed by atoms with Crippen molar-refractivity contribution < 1.29 is 9.59 Å². The van der Waals surface area contributed by atoms with Gasteiger partial charge >= 0.3 is 0 Å². The van der Waals surface area contributed by atoms with E-state index in [9.17, 15) is 9.59 Å². The van der Waals surface area contributed by atoms with Crippen LogP contribution in [0.2, 0.25) is 0 Å². The summed E-state index contributed by atoms with van der Waals surface area (Å²) in [7, 11) is 0. The number of carbonyl (C=O) groups excluding carboxylic acids is 2. The molecule has 0 spiro atoms. The Hall–Kier alpha value is -1.88. The SMILES string of the molecule is CC(C)(C)C(=O)NCC(=O)NCc1ccc(CN2CCCCC2)cc1. The normalized spacial score (nSPS) is 15.6. The van der Waals surface area contributed by atoms with Gasteiger partial charge in [0.1, 0.15) is 0 Å². The number of hydrogen-bond acceptors (Lipinski definition) is 3. The molecule has 25 heavy (non-hydrogen) atoms. The van der Waals surface area contributed by atoms with Crippen LogP contribution in [0.1, 0.15) is 51.2 Å². The van der Waals surface area contributed by atoms with Crippen molar-refractivity contribution in [2.24, 2.45) is 5.41 Å². The molecule has 5 heteroatoms. The predicted molar refractivity (Wildman–Crippen MR) is 99.9 cm³/mol. The lowest BCUT2D eigenvalue weighted by molar-refractivity contribution is -0.131. The number of hydrogen-bond donors (Lipinski definition) is 2. The first-order valence-electron chi connectivity index (χ1n) is 9.20. The van der Waals surface area contributed by atoms with Crippen LogP contribution in [0.25, 0.3) is 0 Å². The standard InChI is InChI=1S/C20H31N3O2/c1-20(2,3)19(25)22-14-18(24)21-13-16-7-9-17(10-8-16)15-23-11-5-4-6-12-23/h7-10H,4-6,11-15H2,1-3H3,(H,21,24)(H,22,25). The molecule has 1 aliphatic rings. The van der Waals surface area contributed by atoms with E-state index in [0.717, 1.165) is 12.1 Å². The molecule has 1 aromatic carbocycles. The number of piperidine rings is 1. The molecule has 0 aliphatic carbocycles. The molecule has 0 saturated carbocycles. The van der Waals surface area contributed by atoms with Gasteiger partial charge in [-0.1, -0.05) is 51.5 Å². The minimum absolute atomic E-state index is 0.0170. The zero-order valence-corrected chi connectivity index (χ0v) is 15.7. The molecular formula is C20H31N3O2. The van der Waals surface area contributed by atoms with E-state index in [4.69, 9.17) is 0 Å². The summed E-state index contributed by atoms with van der Waals surface area (Å²) in [5.74, 6) is -0.292. The van der Waals surface area contributed by atoms with Crippen molar-refractivity contribution >= 4 is 11.8 Å². The molecule has 1 aromatic rings. The summed E-state index contributed by atoms with van der Waals surface area (Å²) in [4.78, 5) is 26.1. The fourth-order valence-electron chi connectivity index (χ4n) is 2.83. The number of nitrogens with one attached hydrogen (secondary N) is 2. The molecule has 1 heterocycles. The molecule has 1 aliphatic heterocycles. The topological polar surface area (TPSA) is 61.4 Å². The maximum Gasteiger partial charge on any atom is 0.239 e. The van der Waals surface area contributed by atoms with Crippen molar-refractivity contribution in [3.63, 3.8) is 0 Å². The summed E-state index contributed by atoms with van der Waals surface area (Å²) in [6.07, 6.45) is 3.96. The Morgan fingerprint density at radius 2 is 1.56 bits per heavy atom. The molecule has 0 aromatic heterocycles. The molecule has 5 nitrogen and oxygen atoms in total. The van der Waals surface area contributed by atoms with Crippen LogP contribution in [0, 0.1) is 5.41 Å². The molecule has 2 amide bonds. The van der Waals surface area contributed by atoms with Crippen LogP contribution in [0.15, 0.2) is 24.3 Å². The Morgan fingerprint density at radius 1 is 0.960 bits per heavy atom. The summed E-state index contributed by atoms with van der Waals surface area (Å²) in [6.45, 7) is 9.36. The summed E-state index contributed by atoms with van der Waals surface area (Å²) < 4.78 is 0. The van der Waals surface area contributed by atoms with Crippen LogP contribution in [-0.4, -0.2) is 36.3 Å². The first-order valence-corrected chi connectivity index (χ1v) is 9.20. The van der Waals surface area contributed by atoms with Crippen molar-refractivity contribution in [2.45, 2.75) is 53.1 Å². The van der Waals surface area contributed by atoms with Crippen LogP contribution in [0.5, 0.6) is 0 Å².